The van der Waals surface area contributed by atoms with Crippen LogP contribution in [0.4, 0.5) is 5.69 Å². The molecule has 8 heteroatoms. The number of rotatable bonds is 5. The lowest BCUT2D eigenvalue weighted by Gasteiger charge is -2.18. The Balaban J connectivity index is 1.65. The Bertz CT molecular complexity index is 869. The van der Waals surface area contributed by atoms with Crippen molar-refractivity contribution in [2.75, 3.05) is 18.1 Å². The number of benzene rings is 2. The number of halogens is 4. The molecule has 2 aromatic carbocycles. The fourth-order valence-electron chi connectivity index (χ4n) is 2.55. The molecule has 0 spiro atoms. The largest absolute Gasteiger partial charge is 0.493 e. The molecule has 0 saturated carbocycles. The molecule has 1 heterocycles. The molecule has 3 rings (SSSR count). The predicted octanol–water partition coefficient (Wildman–Crippen LogP) is 5.30. The summed E-state index contributed by atoms with van der Waals surface area (Å²) < 4.78 is 5.58. The van der Waals surface area contributed by atoms with Crippen LogP contribution in [0.2, 0.25) is 20.1 Å². The maximum absolute atomic E-state index is 12.2. The molecule has 0 aliphatic carbocycles. The zero-order valence-electron chi connectivity index (χ0n) is 12.7. The summed E-state index contributed by atoms with van der Waals surface area (Å²) in [4.78, 5) is 25.6. The van der Waals surface area contributed by atoms with Gasteiger partial charge in [0.25, 0.3) is 11.7 Å². The van der Waals surface area contributed by atoms with E-state index in [4.69, 9.17) is 51.1 Å². The highest BCUT2D eigenvalue weighted by molar-refractivity contribution is 6.54. The molecule has 25 heavy (non-hydrogen) atoms. The zero-order valence-corrected chi connectivity index (χ0v) is 15.7. The lowest BCUT2D eigenvalue weighted by atomic mass is 10.1. The van der Waals surface area contributed by atoms with Crippen molar-refractivity contribution in [3.8, 4) is 5.75 Å². The molecular weight excluding hydrogens is 408 g/mol. The summed E-state index contributed by atoms with van der Waals surface area (Å²) in [6.45, 7) is 0.622. The number of fused-ring (bicyclic) bond motifs is 1. The van der Waals surface area contributed by atoms with E-state index in [0.29, 0.717) is 46.1 Å². The molecule has 1 aliphatic heterocycles. The minimum Gasteiger partial charge on any atom is -0.493 e. The average molecular weight is 419 g/mol. The Morgan fingerprint density at radius 1 is 0.920 bits per heavy atom. The second kappa shape index (κ2) is 7.42. The number of ether oxygens (including phenoxy) is 1. The average Bonchev–Trinajstić information content (AvgIpc) is 2.80. The summed E-state index contributed by atoms with van der Waals surface area (Å²) in [7, 11) is 0. The highest BCUT2D eigenvalue weighted by atomic mass is 35.5. The van der Waals surface area contributed by atoms with Crippen LogP contribution >= 0.6 is 46.4 Å². The van der Waals surface area contributed by atoms with E-state index < -0.39 is 11.7 Å². The summed E-state index contributed by atoms with van der Waals surface area (Å²) in [5, 5.41) is 1.43. The molecule has 0 unspecified atom stereocenters. The Hall–Kier alpha value is -1.46. The minimum atomic E-state index is -0.617. The van der Waals surface area contributed by atoms with Crippen molar-refractivity contribution >= 4 is 63.8 Å². The van der Waals surface area contributed by atoms with Gasteiger partial charge < -0.3 is 9.64 Å². The van der Waals surface area contributed by atoms with Crippen LogP contribution in [0.3, 0.4) is 0 Å². The number of carbonyl (C=O) groups is 2. The van der Waals surface area contributed by atoms with E-state index in [9.17, 15) is 9.59 Å². The molecular formula is C17H11Cl4NO3. The van der Waals surface area contributed by atoms with Crippen molar-refractivity contribution in [1.82, 2.24) is 0 Å². The summed E-state index contributed by atoms with van der Waals surface area (Å²) in [5.41, 5.74) is 0.628. The molecule has 0 saturated heterocycles. The van der Waals surface area contributed by atoms with Gasteiger partial charge in [0.1, 0.15) is 5.75 Å². The molecule has 0 bridgehead atoms. The van der Waals surface area contributed by atoms with E-state index in [1.165, 1.54) is 17.0 Å². The second-order valence-corrected chi connectivity index (χ2v) is 7.01. The molecule has 0 aromatic heterocycles. The van der Waals surface area contributed by atoms with Gasteiger partial charge in [0, 0.05) is 17.6 Å². The van der Waals surface area contributed by atoms with Crippen LogP contribution in [0, 0.1) is 0 Å². The van der Waals surface area contributed by atoms with Crippen LogP contribution in [-0.4, -0.2) is 24.8 Å². The fourth-order valence-corrected chi connectivity index (χ4v) is 3.43. The summed E-state index contributed by atoms with van der Waals surface area (Å²) in [5.74, 6) is -0.651. The standard InChI is InChI=1S/C17H11Cl4NO3/c18-9-6-11-15(14(21)7-9)22(17(24)16(11)23)4-1-5-25-10-2-3-12(19)13(20)8-10/h2-3,6-8H,1,4-5H2. The maximum Gasteiger partial charge on any atom is 0.299 e. The van der Waals surface area contributed by atoms with Gasteiger partial charge in [0.05, 0.1) is 32.9 Å². The second-order valence-electron chi connectivity index (χ2n) is 5.35. The van der Waals surface area contributed by atoms with Gasteiger partial charge in [-0.15, -0.1) is 0 Å². The van der Waals surface area contributed by atoms with Gasteiger partial charge in [-0.2, -0.15) is 0 Å². The van der Waals surface area contributed by atoms with E-state index in [1.807, 2.05) is 0 Å². The Morgan fingerprint density at radius 3 is 2.40 bits per heavy atom. The Labute approximate surface area is 164 Å². The van der Waals surface area contributed by atoms with Crippen LogP contribution in [-0.2, 0) is 4.79 Å². The minimum absolute atomic E-state index is 0.230. The number of amides is 1. The monoisotopic (exact) mass is 417 g/mol. The first-order chi connectivity index (χ1) is 11.9. The lowest BCUT2D eigenvalue weighted by molar-refractivity contribution is -0.114. The topological polar surface area (TPSA) is 46.6 Å². The quantitative estimate of drug-likeness (QED) is 0.489. The van der Waals surface area contributed by atoms with Crippen LogP contribution in [0.15, 0.2) is 30.3 Å². The number of carbonyl (C=O) groups excluding carboxylic acids is 2. The third kappa shape index (κ3) is 3.72. The van der Waals surface area contributed by atoms with Gasteiger partial charge in [0.15, 0.2) is 0 Å². The first-order valence-electron chi connectivity index (χ1n) is 7.31. The molecule has 0 radical (unpaired) electrons. The van der Waals surface area contributed by atoms with Gasteiger partial charge in [-0.3, -0.25) is 9.59 Å². The van der Waals surface area contributed by atoms with Gasteiger partial charge in [0.2, 0.25) is 0 Å². The van der Waals surface area contributed by atoms with Crippen molar-refractivity contribution in [2.24, 2.45) is 0 Å². The van der Waals surface area contributed by atoms with Crippen molar-refractivity contribution in [2.45, 2.75) is 6.42 Å². The van der Waals surface area contributed by atoms with Crippen molar-refractivity contribution in [1.29, 1.82) is 0 Å². The Morgan fingerprint density at radius 2 is 1.68 bits per heavy atom. The van der Waals surface area contributed by atoms with Crippen LogP contribution in [0.5, 0.6) is 5.75 Å². The third-order valence-electron chi connectivity index (χ3n) is 3.67. The molecule has 0 N–H and O–H groups in total. The number of ketones is 1. The molecule has 2 aromatic rings. The van der Waals surface area contributed by atoms with Crippen molar-refractivity contribution in [3.05, 3.63) is 56.0 Å². The van der Waals surface area contributed by atoms with Gasteiger partial charge in [-0.05, 0) is 30.7 Å². The van der Waals surface area contributed by atoms with E-state index in [-0.39, 0.29) is 10.6 Å². The fraction of sp³-hybridized carbons (Fsp3) is 0.176. The molecule has 130 valence electrons. The lowest BCUT2D eigenvalue weighted by Crippen LogP contribution is -2.31. The number of hydrogen-bond donors (Lipinski definition) is 0. The zero-order chi connectivity index (χ0) is 18.1. The third-order valence-corrected chi connectivity index (χ3v) is 4.91. The van der Waals surface area contributed by atoms with Crippen molar-refractivity contribution < 1.29 is 14.3 Å². The SMILES string of the molecule is O=C1C(=O)N(CCCOc2ccc(Cl)c(Cl)c2)c2c(Cl)cc(Cl)cc21. The van der Waals surface area contributed by atoms with Gasteiger partial charge >= 0.3 is 0 Å². The summed E-state index contributed by atoms with van der Waals surface area (Å²) in [6.07, 6.45) is 0.498. The predicted molar refractivity (Wildman–Crippen MR) is 99.7 cm³/mol. The first kappa shape index (κ1) is 18.3. The van der Waals surface area contributed by atoms with Crippen LogP contribution < -0.4 is 9.64 Å². The molecule has 0 fully saturated rings. The molecule has 4 nitrogen and oxygen atoms in total. The number of Topliss-reactive ketones (excluding diaryl/α,β-unsaturated/α-hetero) is 1. The molecule has 1 amide bonds. The highest BCUT2D eigenvalue weighted by Crippen LogP contribution is 2.38. The number of hydrogen-bond acceptors (Lipinski definition) is 3. The summed E-state index contributed by atoms with van der Waals surface area (Å²) >= 11 is 23.8. The van der Waals surface area contributed by atoms with E-state index >= 15 is 0 Å². The summed E-state index contributed by atoms with van der Waals surface area (Å²) in [6, 6.07) is 7.92. The smallest absolute Gasteiger partial charge is 0.299 e. The number of anilines is 1. The van der Waals surface area contributed by atoms with Crippen LogP contribution in [0.1, 0.15) is 16.8 Å². The first-order valence-corrected chi connectivity index (χ1v) is 8.83. The van der Waals surface area contributed by atoms with E-state index in [1.54, 1.807) is 18.2 Å². The molecule has 1 aliphatic rings. The number of nitrogens with zero attached hydrogens (tertiary/aromatic N) is 1. The molecule has 0 atom stereocenters. The van der Waals surface area contributed by atoms with Gasteiger partial charge in [-0.1, -0.05) is 46.4 Å². The maximum atomic E-state index is 12.2. The normalized spacial score (nSPS) is 13.4. The van der Waals surface area contributed by atoms with Gasteiger partial charge in [-0.25, -0.2) is 0 Å². The Kier molecular flexibility index (Phi) is 5.44. The van der Waals surface area contributed by atoms with Crippen LogP contribution in [0.25, 0.3) is 0 Å². The van der Waals surface area contributed by atoms with E-state index in [0.717, 1.165) is 0 Å². The van der Waals surface area contributed by atoms with E-state index in [2.05, 4.69) is 0 Å². The highest BCUT2D eigenvalue weighted by Gasteiger charge is 2.37. The van der Waals surface area contributed by atoms with Crippen molar-refractivity contribution in [3.63, 3.8) is 0 Å².